The molecule has 134 valence electrons. The molecule has 1 N–H and O–H groups in total. The lowest BCUT2D eigenvalue weighted by molar-refractivity contribution is -0.144. The smallest absolute Gasteiger partial charge is 0.225 e. The fourth-order valence-electron chi connectivity index (χ4n) is 4.90. The average molecular weight is 333 g/mol. The van der Waals surface area contributed by atoms with Crippen LogP contribution >= 0.6 is 0 Å². The maximum absolute atomic E-state index is 12.8. The fraction of sp³-hybridized carbons (Fsp3) is 0.895. The molecule has 4 fully saturated rings. The van der Waals surface area contributed by atoms with Gasteiger partial charge in [-0.1, -0.05) is 0 Å². The first kappa shape index (κ1) is 16.4. The topological polar surface area (TPSA) is 52.7 Å². The Morgan fingerprint density at radius 3 is 2.58 bits per heavy atom. The first-order chi connectivity index (χ1) is 11.7. The molecule has 0 aromatic carbocycles. The second-order valence-electron chi connectivity index (χ2n) is 8.46. The highest BCUT2D eigenvalue weighted by atomic mass is 16.2. The van der Waals surface area contributed by atoms with E-state index in [1.54, 1.807) is 0 Å². The van der Waals surface area contributed by atoms with Crippen molar-refractivity contribution in [1.82, 2.24) is 15.1 Å². The highest BCUT2D eigenvalue weighted by Crippen LogP contribution is 2.43. The van der Waals surface area contributed by atoms with Crippen molar-refractivity contribution < 1.29 is 9.59 Å². The largest absolute Gasteiger partial charge is 0.342 e. The van der Waals surface area contributed by atoms with Crippen LogP contribution < -0.4 is 5.32 Å². The Balaban J connectivity index is 1.34. The second kappa shape index (κ2) is 6.66. The van der Waals surface area contributed by atoms with Crippen LogP contribution in [0.5, 0.6) is 0 Å². The molecule has 3 heterocycles. The van der Waals surface area contributed by atoms with Gasteiger partial charge in [-0.3, -0.25) is 9.59 Å². The summed E-state index contributed by atoms with van der Waals surface area (Å²) in [6.45, 7) is 4.78. The Bertz CT molecular complexity index is 487. The quantitative estimate of drug-likeness (QED) is 0.838. The lowest BCUT2D eigenvalue weighted by Gasteiger charge is -2.48. The normalized spacial score (nSPS) is 31.2. The predicted octanol–water partition coefficient (Wildman–Crippen LogP) is 1.77. The van der Waals surface area contributed by atoms with E-state index < -0.39 is 0 Å². The summed E-state index contributed by atoms with van der Waals surface area (Å²) in [4.78, 5) is 29.3. The van der Waals surface area contributed by atoms with E-state index in [0.29, 0.717) is 17.9 Å². The number of carbonyl (C=O) groups excluding carboxylic acids is 2. The molecule has 5 nitrogen and oxygen atoms in total. The number of piperidine rings is 2. The van der Waals surface area contributed by atoms with E-state index in [1.165, 1.54) is 12.8 Å². The maximum Gasteiger partial charge on any atom is 0.225 e. The molecule has 5 heteroatoms. The van der Waals surface area contributed by atoms with Crippen LogP contribution in [-0.2, 0) is 9.59 Å². The van der Waals surface area contributed by atoms with Gasteiger partial charge in [-0.05, 0) is 69.9 Å². The van der Waals surface area contributed by atoms with Gasteiger partial charge in [0.05, 0.1) is 0 Å². The van der Waals surface area contributed by atoms with E-state index in [4.69, 9.17) is 0 Å². The van der Waals surface area contributed by atoms with Crippen molar-refractivity contribution >= 4 is 11.8 Å². The highest BCUT2D eigenvalue weighted by molar-refractivity contribution is 5.79. The first-order valence-electron chi connectivity index (χ1n) is 9.96. The van der Waals surface area contributed by atoms with Crippen LogP contribution in [0, 0.1) is 11.3 Å². The molecule has 0 unspecified atom stereocenters. The van der Waals surface area contributed by atoms with Crippen molar-refractivity contribution in [2.75, 3.05) is 32.7 Å². The minimum absolute atomic E-state index is 0.227. The van der Waals surface area contributed by atoms with E-state index in [0.717, 1.165) is 77.7 Å². The molecule has 0 bridgehead atoms. The predicted molar refractivity (Wildman–Crippen MR) is 92.4 cm³/mol. The number of hydrogen-bond donors (Lipinski definition) is 1. The summed E-state index contributed by atoms with van der Waals surface area (Å²) in [5, 5.41) is 3.40. The SMILES string of the molecule is O=C([C@@H]1CCCNCC1)N1CCC2(CCC(=O)N(C3CC3)C2)CC1. The van der Waals surface area contributed by atoms with Crippen LogP contribution in [0.25, 0.3) is 0 Å². The second-order valence-corrected chi connectivity index (χ2v) is 8.46. The molecule has 0 aromatic heterocycles. The van der Waals surface area contributed by atoms with Crippen molar-refractivity contribution in [3.8, 4) is 0 Å². The molecule has 4 aliphatic rings. The van der Waals surface area contributed by atoms with Gasteiger partial charge in [-0.15, -0.1) is 0 Å². The third-order valence-corrected chi connectivity index (χ3v) is 6.74. The minimum atomic E-state index is 0.227. The van der Waals surface area contributed by atoms with Crippen LogP contribution in [0.3, 0.4) is 0 Å². The zero-order valence-corrected chi connectivity index (χ0v) is 14.8. The van der Waals surface area contributed by atoms with Crippen LogP contribution in [0.4, 0.5) is 0 Å². The fourth-order valence-corrected chi connectivity index (χ4v) is 4.90. The van der Waals surface area contributed by atoms with Crippen LogP contribution in [0.15, 0.2) is 0 Å². The molecule has 0 radical (unpaired) electrons. The molecule has 1 saturated carbocycles. The Morgan fingerprint density at radius 2 is 1.83 bits per heavy atom. The summed E-state index contributed by atoms with van der Waals surface area (Å²) in [7, 11) is 0. The molecule has 3 saturated heterocycles. The molecule has 3 aliphatic heterocycles. The van der Waals surface area contributed by atoms with Gasteiger partial charge >= 0.3 is 0 Å². The third-order valence-electron chi connectivity index (χ3n) is 6.74. The van der Waals surface area contributed by atoms with Crippen LogP contribution in [-0.4, -0.2) is 60.4 Å². The summed E-state index contributed by atoms with van der Waals surface area (Å²) in [6, 6.07) is 0.535. The lowest BCUT2D eigenvalue weighted by atomic mass is 9.72. The van der Waals surface area contributed by atoms with E-state index in [1.807, 2.05) is 0 Å². The zero-order valence-electron chi connectivity index (χ0n) is 14.8. The van der Waals surface area contributed by atoms with Crippen molar-refractivity contribution in [3.05, 3.63) is 0 Å². The summed E-state index contributed by atoms with van der Waals surface area (Å²) in [5.41, 5.74) is 0.290. The first-order valence-corrected chi connectivity index (χ1v) is 9.96. The monoisotopic (exact) mass is 333 g/mol. The lowest BCUT2D eigenvalue weighted by Crippen LogP contribution is -2.53. The Kier molecular flexibility index (Phi) is 4.54. The Morgan fingerprint density at radius 1 is 1.04 bits per heavy atom. The standard InChI is InChI=1S/C19H31N3O2/c23-17-5-7-19(14-22(17)16-3-4-16)8-12-21(13-9-19)18(24)15-2-1-10-20-11-6-15/h15-16,20H,1-14H2/t15-/m1/s1. The molecule has 1 spiro atoms. The zero-order chi connectivity index (χ0) is 16.6. The van der Waals surface area contributed by atoms with Crippen molar-refractivity contribution in [2.45, 2.75) is 63.8 Å². The minimum Gasteiger partial charge on any atom is -0.342 e. The van der Waals surface area contributed by atoms with Crippen molar-refractivity contribution in [2.24, 2.45) is 11.3 Å². The Labute approximate surface area is 145 Å². The summed E-state index contributed by atoms with van der Waals surface area (Å²) < 4.78 is 0. The van der Waals surface area contributed by atoms with Crippen molar-refractivity contribution in [3.63, 3.8) is 0 Å². The number of likely N-dealkylation sites (tertiary alicyclic amines) is 2. The van der Waals surface area contributed by atoms with E-state index in [2.05, 4.69) is 15.1 Å². The van der Waals surface area contributed by atoms with Gasteiger partial charge < -0.3 is 15.1 Å². The van der Waals surface area contributed by atoms with Gasteiger partial charge in [0.25, 0.3) is 0 Å². The van der Waals surface area contributed by atoms with Crippen LogP contribution in [0.1, 0.15) is 57.8 Å². The number of rotatable bonds is 2. The molecule has 1 atom stereocenters. The molecular formula is C19H31N3O2. The van der Waals surface area contributed by atoms with E-state index in [9.17, 15) is 9.59 Å². The number of nitrogens with one attached hydrogen (secondary N) is 1. The van der Waals surface area contributed by atoms with Gasteiger partial charge in [0.2, 0.25) is 11.8 Å². The average Bonchev–Trinajstić information content (AvgIpc) is 3.44. The molecule has 24 heavy (non-hydrogen) atoms. The number of amides is 2. The molecule has 4 rings (SSSR count). The molecule has 0 aromatic rings. The number of hydrogen-bond acceptors (Lipinski definition) is 3. The molecular weight excluding hydrogens is 302 g/mol. The third kappa shape index (κ3) is 3.32. The van der Waals surface area contributed by atoms with Gasteiger partial charge in [0.1, 0.15) is 0 Å². The Hall–Kier alpha value is -1.10. The maximum atomic E-state index is 12.8. The van der Waals surface area contributed by atoms with E-state index in [-0.39, 0.29) is 11.3 Å². The van der Waals surface area contributed by atoms with Gasteiger partial charge in [0.15, 0.2) is 0 Å². The highest BCUT2D eigenvalue weighted by Gasteiger charge is 2.45. The number of carbonyl (C=O) groups is 2. The number of nitrogens with zero attached hydrogens (tertiary/aromatic N) is 2. The van der Waals surface area contributed by atoms with Gasteiger partial charge in [0, 0.05) is 38.0 Å². The molecule has 2 amide bonds. The van der Waals surface area contributed by atoms with Crippen molar-refractivity contribution in [1.29, 1.82) is 0 Å². The summed E-state index contributed by atoms with van der Waals surface area (Å²) in [5.74, 6) is 0.983. The summed E-state index contributed by atoms with van der Waals surface area (Å²) in [6.07, 6.45) is 9.46. The van der Waals surface area contributed by atoms with Crippen LogP contribution in [0.2, 0.25) is 0 Å². The molecule has 1 aliphatic carbocycles. The van der Waals surface area contributed by atoms with E-state index >= 15 is 0 Å². The van der Waals surface area contributed by atoms with Gasteiger partial charge in [-0.25, -0.2) is 0 Å². The summed E-state index contributed by atoms with van der Waals surface area (Å²) >= 11 is 0. The van der Waals surface area contributed by atoms with Gasteiger partial charge in [-0.2, -0.15) is 0 Å².